The van der Waals surface area contributed by atoms with E-state index >= 15 is 0 Å². The number of aromatic nitrogens is 1. The van der Waals surface area contributed by atoms with E-state index in [-0.39, 0.29) is 5.91 Å². The zero-order chi connectivity index (χ0) is 13.9. The molecule has 5 nitrogen and oxygen atoms in total. The number of furan rings is 1. The average molecular weight is 291 g/mol. The maximum Gasteiger partial charge on any atom is 0.260 e. The highest BCUT2D eigenvalue weighted by molar-refractivity contribution is 7.13. The number of nitrogens with one attached hydrogen (secondary N) is 1. The van der Waals surface area contributed by atoms with E-state index in [1.165, 1.54) is 30.4 Å². The fourth-order valence-corrected chi connectivity index (χ4v) is 3.09. The van der Waals surface area contributed by atoms with E-state index in [4.69, 9.17) is 4.42 Å². The predicted molar refractivity (Wildman–Crippen MR) is 78.0 cm³/mol. The molecular formula is C14H17N3O2S. The van der Waals surface area contributed by atoms with Crippen molar-refractivity contribution < 1.29 is 9.21 Å². The van der Waals surface area contributed by atoms with Crippen molar-refractivity contribution in [1.82, 2.24) is 9.88 Å². The van der Waals surface area contributed by atoms with Crippen LogP contribution in [0.1, 0.15) is 34.7 Å². The molecule has 0 aliphatic carbocycles. The molecule has 3 rings (SSSR count). The summed E-state index contributed by atoms with van der Waals surface area (Å²) in [6.07, 6.45) is 4.06. The first-order chi connectivity index (χ1) is 9.72. The van der Waals surface area contributed by atoms with E-state index in [0.717, 1.165) is 25.3 Å². The van der Waals surface area contributed by atoms with Crippen LogP contribution in [0.5, 0.6) is 0 Å². The average Bonchev–Trinajstić information content (AvgIpc) is 3.12. The molecule has 0 unspecified atom stereocenters. The van der Waals surface area contributed by atoms with Gasteiger partial charge in [0.25, 0.3) is 5.91 Å². The van der Waals surface area contributed by atoms with Gasteiger partial charge in [-0.2, -0.15) is 0 Å². The van der Waals surface area contributed by atoms with Crippen molar-refractivity contribution in [2.24, 2.45) is 0 Å². The van der Waals surface area contributed by atoms with Crippen LogP contribution in [0.2, 0.25) is 0 Å². The Morgan fingerprint density at radius 2 is 2.30 bits per heavy atom. The number of hydrogen-bond acceptors (Lipinski definition) is 5. The molecule has 1 aliphatic heterocycles. The topological polar surface area (TPSA) is 58.4 Å². The predicted octanol–water partition coefficient (Wildman–Crippen LogP) is 2.89. The van der Waals surface area contributed by atoms with E-state index in [0.29, 0.717) is 16.5 Å². The number of aryl methyl sites for hydroxylation is 1. The number of hydrogen-bond donors (Lipinski definition) is 1. The van der Waals surface area contributed by atoms with Gasteiger partial charge in [0.15, 0.2) is 5.13 Å². The smallest absolute Gasteiger partial charge is 0.260 e. The molecule has 2 aromatic heterocycles. The number of thiazole rings is 1. The molecule has 20 heavy (non-hydrogen) atoms. The second-order valence-corrected chi connectivity index (χ2v) is 5.83. The van der Waals surface area contributed by atoms with Gasteiger partial charge in [-0.3, -0.25) is 15.0 Å². The van der Waals surface area contributed by atoms with Gasteiger partial charge in [0, 0.05) is 11.9 Å². The van der Waals surface area contributed by atoms with Crippen molar-refractivity contribution in [2.45, 2.75) is 26.3 Å². The van der Waals surface area contributed by atoms with Crippen molar-refractivity contribution in [3.05, 3.63) is 34.7 Å². The maximum absolute atomic E-state index is 12.0. The number of carbonyl (C=O) groups excluding carboxylic acids is 1. The van der Waals surface area contributed by atoms with Gasteiger partial charge in [0.1, 0.15) is 5.76 Å². The Balaban J connectivity index is 1.62. The number of nitrogens with zero attached hydrogens (tertiary/aromatic N) is 2. The van der Waals surface area contributed by atoms with Gasteiger partial charge >= 0.3 is 0 Å². The van der Waals surface area contributed by atoms with Crippen LogP contribution in [0, 0.1) is 6.92 Å². The zero-order valence-corrected chi connectivity index (χ0v) is 12.2. The molecule has 0 saturated carbocycles. The van der Waals surface area contributed by atoms with Crippen LogP contribution >= 0.6 is 11.3 Å². The zero-order valence-electron chi connectivity index (χ0n) is 11.4. The van der Waals surface area contributed by atoms with Gasteiger partial charge in [0.05, 0.1) is 17.5 Å². The number of rotatable bonds is 4. The molecule has 6 heteroatoms. The summed E-state index contributed by atoms with van der Waals surface area (Å²) in [5, 5.41) is 5.47. The van der Waals surface area contributed by atoms with Crippen molar-refractivity contribution in [3.8, 4) is 0 Å². The Labute approximate surface area is 121 Å². The Morgan fingerprint density at radius 3 is 3.00 bits per heavy atom. The molecule has 0 aromatic carbocycles. The Hall–Kier alpha value is -1.66. The van der Waals surface area contributed by atoms with Gasteiger partial charge in [-0.05, 0) is 38.9 Å². The fourth-order valence-electron chi connectivity index (χ4n) is 2.39. The molecule has 1 saturated heterocycles. The van der Waals surface area contributed by atoms with E-state index in [1.54, 1.807) is 13.0 Å². The van der Waals surface area contributed by atoms with Crippen LogP contribution < -0.4 is 5.32 Å². The van der Waals surface area contributed by atoms with E-state index < -0.39 is 0 Å². The number of amides is 1. The maximum atomic E-state index is 12.0. The molecule has 0 radical (unpaired) electrons. The summed E-state index contributed by atoms with van der Waals surface area (Å²) >= 11 is 1.46. The summed E-state index contributed by atoms with van der Waals surface area (Å²) in [5.41, 5.74) is 1.58. The minimum absolute atomic E-state index is 0.168. The summed E-state index contributed by atoms with van der Waals surface area (Å²) in [5.74, 6) is 0.453. The second-order valence-electron chi connectivity index (χ2n) is 4.97. The highest BCUT2D eigenvalue weighted by atomic mass is 32.1. The van der Waals surface area contributed by atoms with Gasteiger partial charge < -0.3 is 4.42 Å². The second kappa shape index (κ2) is 5.76. The molecule has 0 spiro atoms. The standard InChI is InChI=1S/C14H17N3O2S/c1-10-12(4-7-19-10)13(18)16-14-15-11(9-20-14)8-17-5-2-3-6-17/h4,7,9H,2-3,5-6,8H2,1H3,(H,15,16,18). The van der Waals surface area contributed by atoms with Gasteiger partial charge in [-0.1, -0.05) is 0 Å². The van der Waals surface area contributed by atoms with Crippen LogP contribution in [0.15, 0.2) is 22.1 Å². The summed E-state index contributed by atoms with van der Waals surface area (Å²) in [6, 6.07) is 1.67. The minimum atomic E-state index is -0.168. The van der Waals surface area contributed by atoms with Gasteiger partial charge in [-0.15, -0.1) is 11.3 Å². The van der Waals surface area contributed by atoms with E-state index in [9.17, 15) is 4.79 Å². The minimum Gasteiger partial charge on any atom is -0.469 e. The Morgan fingerprint density at radius 1 is 1.50 bits per heavy atom. The Bertz CT molecular complexity index is 599. The summed E-state index contributed by atoms with van der Waals surface area (Å²) in [7, 11) is 0. The third-order valence-electron chi connectivity index (χ3n) is 3.46. The molecular weight excluding hydrogens is 274 g/mol. The normalized spacial score (nSPS) is 15.7. The third-order valence-corrected chi connectivity index (χ3v) is 4.27. The van der Waals surface area contributed by atoms with Crippen molar-refractivity contribution in [2.75, 3.05) is 18.4 Å². The van der Waals surface area contributed by atoms with Crippen LogP contribution in [-0.4, -0.2) is 28.9 Å². The molecule has 1 N–H and O–H groups in total. The number of likely N-dealkylation sites (tertiary alicyclic amines) is 1. The monoisotopic (exact) mass is 291 g/mol. The fraction of sp³-hybridized carbons (Fsp3) is 0.429. The van der Waals surface area contributed by atoms with Crippen LogP contribution in [-0.2, 0) is 6.54 Å². The summed E-state index contributed by atoms with van der Waals surface area (Å²) < 4.78 is 5.13. The molecule has 1 aliphatic rings. The van der Waals surface area contributed by atoms with Crippen molar-refractivity contribution in [1.29, 1.82) is 0 Å². The lowest BCUT2D eigenvalue weighted by molar-refractivity contribution is 0.102. The van der Waals surface area contributed by atoms with Gasteiger partial charge in [-0.25, -0.2) is 4.98 Å². The van der Waals surface area contributed by atoms with E-state index in [2.05, 4.69) is 15.2 Å². The van der Waals surface area contributed by atoms with Crippen LogP contribution in [0.3, 0.4) is 0 Å². The molecule has 2 aromatic rings. The molecule has 1 amide bonds. The Kier molecular flexibility index (Phi) is 3.84. The first-order valence-electron chi connectivity index (χ1n) is 6.74. The highest BCUT2D eigenvalue weighted by Gasteiger charge is 2.16. The summed E-state index contributed by atoms with van der Waals surface area (Å²) in [6.45, 7) is 4.94. The van der Waals surface area contributed by atoms with Crippen LogP contribution in [0.4, 0.5) is 5.13 Å². The largest absolute Gasteiger partial charge is 0.469 e. The van der Waals surface area contributed by atoms with E-state index in [1.807, 2.05) is 5.38 Å². The first kappa shape index (κ1) is 13.3. The van der Waals surface area contributed by atoms with Crippen molar-refractivity contribution >= 4 is 22.4 Å². The lowest BCUT2D eigenvalue weighted by atomic mass is 10.2. The molecule has 106 valence electrons. The quantitative estimate of drug-likeness (QED) is 0.941. The molecule has 0 atom stereocenters. The first-order valence-corrected chi connectivity index (χ1v) is 7.62. The lowest BCUT2D eigenvalue weighted by Gasteiger charge is -2.11. The SMILES string of the molecule is Cc1occc1C(=O)Nc1nc(CN2CCCC2)cs1. The molecule has 1 fully saturated rings. The molecule has 0 bridgehead atoms. The lowest BCUT2D eigenvalue weighted by Crippen LogP contribution is -2.18. The van der Waals surface area contributed by atoms with Crippen molar-refractivity contribution in [3.63, 3.8) is 0 Å². The van der Waals surface area contributed by atoms with Gasteiger partial charge in [0.2, 0.25) is 0 Å². The highest BCUT2D eigenvalue weighted by Crippen LogP contribution is 2.20. The molecule has 3 heterocycles. The summed E-state index contributed by atoms with van der Waals surface area (Å²) in [4.78, 5) is 18.9. The third kappa shape index (κ3) is 2.91. The number of anilines is 1. The van der Waals surface area contributed by atoms with Crippen LogP contribution in [0.25, 0.3) is 0 Å². The number of carbonyl (C=O) groups is 1.